The van der Waals surface area contributed by atoms with Crippen LogP contribution in [0.1, 0.15) is 342 Å². The van der Waals surface area contributed by atoms with E-state index in [-0.39, 0.29) is 18.5 Å². The molecule has 392 valence electrons. The lowest BCUT2D eigenvalue weighted by atomic mass is 10.0. The molecule has 0 aromatic rings. The van der Waals surface area contributed by atoms with Gasteiger partial charge in [-0.15, -0.1) is 0 Å². The van der Waals surface area contributed by atoms with E-state index in [0.717, 1.165) is 44.9 Å². The van der Waals surface area contributed by atoms with Gasteiger partial charge in [0.1, 0.15) is 6.61 Å². The fourth-order valence-corrected chi connectivity index (χ4v) is 9.27. The average molecular weight is 932 g/mol. The molecule has 0 aliphatic heterocycles. The molecule has 0 rings (SSSR count). The molecular formula is C61H118O5. The second kappa shape index (κ2) is 58.0. The Balaban J connectivity index is 4.19. The van der Waals surface area contributed by atoms with Crippen molar-refractivity contribution in [1.29, 1.82) is 0 Å². The van der Waals surface area contributed by atoms with Crippen LogP contribution >= 0.6 is 0 Å². The topological polar surface area (TPSA) is 61.8 Å². The van der Waals surface area contributed by atoms with E-state index in [2.05, 4.69) is 32.9 Å². The maximum absolute atomic E-state index is 12.9. The van der Waals surface area contributed by atoms with Crippen LogP contribution in [0.25, 0.3) is 0 Å². The van der Waals surface area contributed by atoms with Gasteiger partial charge in [0.15, 0.2) is 6.10 Å². The van der Waals surface area contributed by atoms with Crippen molar-refractivity contribution in [3.05, 3.63) is 12.2 Å². The van der Waals surface area contributed by atoms with E-state index < -0.39 is 6.10 Å². The summed E-state index contributed by atoms with van der Waals surface area (Å²) in [5.74, 6) is -0.379. The predicted molar refractivity (Wildman–Crippen MR) is 289 cm³/mol. The molecule has 0 aliphatic rings. The van der Waals surface area contributed by atoms with Gasteiger partial charge in [-0.25, -0.2) is 0 Å². The number of unbranched alkanes of at least 4 members (excludes halogenated alkanes) is 44. The summed E-state index contributed by atoms with van der Waals surface area (Å²) < 4.78 is 17.5. The van der Waals surface area contributed by atoms with Crippen molar-refractivity contribution in [2.45, 2.75) is 348 Å². The number of allylic oxidation sites excluding steroid dienone is 2. The van der Waals surface area contributed by atoms with Crippen LogP contribution < -0.4 is 0 Å². The van der Waals surface area contributed by atoms with Gasteiger partial charge < -0.3 is 14.2 Å². The third-order valence-electron chi connectivity index (χ3n) is 13.8. The molecule has 0 aliphatic carbocycles. The third-order valence-corrected chi connectivity index (χ3v) is 13.8. The monoisotopic (exact) mass is 931 g/mol. The molecule has 66 heavy (non-hydrogen) atoms. The Morgan fingerprint density at radius 2 is 0.591 bits per heavy atom. The van der Waals surface area contributed by atoms with E-state index in [0.29, 0.717) is 26.1 Å². The molecule has 0 radical (unpaired) electrons. The van der Waals surface area contributed by atoms with Gasteiger partial charge in [-0.3, -0.25) is 9.59 Å². The first kappa shape index (κ1) is 64.6. The van der Waals surface area contributed by atoms with E-state index >= 15 is 0 Å². The highest BCUT2D eigenvalue weighted by molar-refractivity contribution is 5.70. The first-order valence-electron chi connectivity index (χ1n) is 30.2. The molecule has 0 saturated carbocycles. The van der Waals surface area contributed by atoms with E-state index in [1.54, 1.807) is 0 Å². The molecule has 1 unspecified atom stereocenters. The van der Waals surface area contributed by atoms with Crippen LogP contribution in [0.5, 0.6) is 0 Å². The smallest absolute Gasteiger partial charge is 0.306 e. The Kier molecular flexibility index (Phi) is 56.8. The van der Waals surface area contributed by atoms with Gasteiger partial charge in [0.25, 0.3) is 0 Å². The van der Waals surface area contributed by atoms with Crippen molar-refractivity contribution < 1.29 is 23.8 Å². The van der Waals surface area contributed by atoms with Gasteiger partial charge >= 0.3 is 11.9 Å². The highest BCUT2D eigenvalue weighted by atomic mass is 16.6. The summed E-state index contributed by atoms with van der Waals surface area (Å²) in [5, 5.41) is 0. The van der Waals surface area contributed by atoms with Gasteiger partial charge in [0.05, 0.1) is 6.61 Å². The Labute approximate surface area is 414 Å². The Morgan fingerprint density at radius 1 is 0.318 bits per heavy atom. The molecule has 5 heteroatoms. The number of hydrogen-bond acceptors (Lipinski definition) is 5. The lowest BCUT2D eigenvalue weighted by Gasteiger charge is -2.18. The highest BCUT2D eigenvalue weighted by Crippen LogP contribution is 2.17. The van der Waals surface area contributed by atoms with E-state index in [1.165, 1.54) is 263 Å². The normalized spacial score (nSPS) is 12.1. The van der Waals surface area contributed by atoms with Crippen LogP contribution in [-0.4, -0.2) is 37.9 Å². The summed E-state index contributed by atoms with van der Waals surface area (Å²) in [7, 11) is 0. The largest absolute Gasteiger partial charge is 0.462 e. The van der Waals surface area contributed by atoms with Crippen molar-refractivity contribution in [3.63, 3.8) is 0 Å². The molecular weight excluding hydrogens is 813 g/mol. The Bertz CT molecular complexity index is 963. The van der Waals surface area contributed by atoms with Crippen LogP contribution in [0.3, 0.4) is 0 Å². The Morgan fingerprint density at radius 3 is 0.924 bits per heavy atom. The molecule has 0 bridgehead atoms. The van der Waals surface area contributed by atoms with Crippen molar-refractivity contribution in [3.8, 4) is 0 Å². The zero-order chi connectivity index (χ0) is 47.7. The molecule has 0 amide bonds. The predicted octanol–water partition coefficient (Wildman–Crippen LogP) is 20.6. The van der Waals surface area contributed by atoms with Crippen LogP contribution in [0, 0.1) is 0 Å². The standard InChI is InChI=1S/C61H118O5/c1-4-7-10-13-16-19-22-25-28-29-30-31-32-35-38-41-44-47-50-53-56-64-57-59(66-61(63)55-52-49-46-43-40-37-34-27-24-21-18-15-12-9-6-3)58-65-60(62)54-51-48-45-42-39-36-33-26-23-20-17-14-11-8-5-2/h27,34,59H,4-26,28-33,35-58H2,1-3H3. The summed E-state index contributed by atoms with van der Waals surface area (Å²) in [6.45, 7) is 7.90. The second-order valence-corrected chi connectivity index (χ2v) is 20.6. The molecule has 1 atom stereocenters. The van der Waals surface area contributed by atoms with Crippen LogP contribution in [0.2, 0.25) is 0 Å². The van der Waals surface area contributed by atoms with Crippen LogP contribution in [0.4, 0.5) is 0 Å². The van der Waals surface area contributed by atoms with Crippen molar-refractivity contribution >= 4 is 11.9 Å². The van der Waals surface area contributed by atoms with Gasteiger partial charge in [-0.2, -0.15) is 0 Å². The number of carbonyl (C=O) groups excluding carboxylic acids is 2. The van der Waals surface area contributed by atoms with Crippen molar-refractivity contribution in [1.82, 2.24) is 0 Å². The molecule has 5 nitrogen and oxygen atoms in total. The van der Waals surface area contributed by atoms with Gasteiger partial charge in [-0.1, -0.05) is 296 Å². The molecule has 0 aromatic carbocycles. The summed E-state index contributed by atoms with van der Waals surface area (Å²) in [5.41, 5.74) is 0. The quantitative estimate of drug-likeness (QED) is 0.0345. The van der Waals surface area contributed by atoms with Crippen molar-refractivity contribution in [2.75, 3.05) is 19.8 Å². The zero-order valence-electron chi connectivity index (χ0n) is 45.2. The first-order chi connectivity index (χ1) is 32.6. The summed E-state index contributed by atoms with van der Waals surface area (Å²) >= 11 is 0. The summed E-state index contributed by atoms with van der Waals surface area (Å²) in [6, 6.07) is 0. The SMILES string of the molecule is CCCCCCCCC=CCCCCCCCC(=O)OC(COCCCCCCCCCCCCCCCCCCCCCC)COC(=O)CCCCCCCCCCCCCCCCC. The molecule has 0 spiro atoms. The fraction of sp³-hybridized carbons (Fsp3) is 0.934. The van der Waals surface area contributed by atoms with Gasteiger partial charge in [0, 0.05) is 19.4 Å². The number of esters is 2. The zero-order valence-corrected chi connectivity index (χ0v) is 45.2. The van der Waals surface area contributed by atoms with E-state index in [9.17, 15) is 9.59 Å². The third kappa shape index (κ3) is 55.2. The van der Waals surface area contributed by atoms with Crippen LogP contribution in [-0.2, 0) is 23.8 Å². The lowest BCUT2D eigenvalue weighted by Crippen LogP contribution is -2.30. The minimum Gasteiger partial charge on any atom is -0.462 e. The molecule has 0 fully saturated rings. The molecule has 0 aromatic heterocycles. The van der Waals surface area contributed by atoms with Gasteiger partial charge in [-0.05, 0) is 44.9 Å². The fourth-order valence-electron chi connectivity index (χ4n) is 9.27. The summed E-state index contributed by atoms with van der Waals surface area (Å²) in [6.07, 6.45) is 68.1. The second-order valence-electron chi connectivity index (χ2n) is 20.6. The molecule has 0 N–H and O–H groups in total. The van der Waals surface area contributed by atoms with E-state index in [4.69, 9.17) is 14.2 Å². The number of hydrogen-bond donors (Lipinski definition) is 0. The number of rotatable bonds is 57. The minimum atomic E-state index is -0.532. The van der Waals surface area contributed by atoms with Gasteiger partial charge in [0.2, 0.25) is 0 Å². The maximum Gasteiger partial charge on any atom is 0.306 e. The number of ether oxygens (including phenoxy) is 3. The van der Waals surface area contributed by atoms with Crippen molar-refractivity contribution in [2.24, 2.45) is 0 Å². The first-order valence-corrected chi connectivity index (χ1v) is 30.2. The summed E-state index contributed by atoms with van der Waals surface area (Å²) in [4.78, 5) is 25.5. The van der Waals surface area contributed by atoms with E-state index in [1.807, 2.05) is 0 Å². The average Bonchev–Trinajstić information content (AvgIpc) is 3.32. The highest BCUT2D eigenvalue weighted by Gasteiger charge is 2.17. The number of carbonyl (C=O) groups is 2. The minimum absolute atomic E-state index is 0.0922. The Hall–Kier alpha value is -1.36. The molecule has 0 saturated heterocycles. The van der Waals surface area contributed by atoms with Crippen LogP contribution in [0.15, 0.2) is 12.2 Å². The lowest BCUT2D eigenvalue weighted by molar-refractivity contribution is -0.163. The maximum atomic E-state index is 12.9. The molecule has 0 heterocycles.